The van der Waals surface area contributed by atoms with Crippen LogP contribution in [0.25, 0.3) is 0 Å². The fraction of sp³-hybridized carbons (Fsp3) is 0.933. The average Bonchev–Trinajstić information content (AvgIpc) is 3.91. The van der Waals surface area contributed by atoms with Crippen LogP contribution in [0.5, 0.6) is 0 Å². The van der Waals surface area contributed by atoms with E-state index in [-0.39, 0.29) is 47.6 Å². The first-order chi connectivity index (χ1) is 25.5. The highest BCUT2D eigenvalue weighted by molar-refractivity contribution is 5.95. The van der Waals surface area contributed by atoms with Crippen molar-refractivity contribution in [3.8, 4) is 0 Å². The Labute approximate surface area is 325 Å². The average molecular weight is 758 g/mol. The van der Waals surface area contributed by atoms with Gasteiger partial charge in [-0.15, -0.1) is 0 Å². The second kappa shape index (κ2) is 15.0. The van der Waals surface area contributed by atoms with E-state index >= 15 is 0 Å². The molecule has 4 saturated carbocycles. The van der Waals surface area contributed by atoms with Crippen molar-refractivity contribution in [2.75, 3.05) is 13.2 Å². The van der Waals surface area contributed by atoms with Gasteiger partial charge in [-0.3, -0.25) is 10.5 Å². The fourth-order valence-corrected chi connectivity index (χ4v) is 14.3. The number of hydrogen-bond acceptors (Lipinski definition) is 8. The molecule has 9 nitrogen and oxygen atoms in total. The number of aliphatic hydroxyl groups is 5. The number of piperidine rings is 1. The molecule has 15 unspecified atom stereocenters. The van der Waals surface area contributed by atoms with E-state index in [9.17, 15) is 30.3 Å². The molecule has 7 rings (SSSR count). The van der Waals surface area contributed by atoms with E-state index in [4.69, 9.17) is 10.5 Å². The number of hydrogen-bond donors (Lipinski definition) is 7. The minimum Gasteiger partial charge on any atom is -0.396 e. The Morgan fingerprint density at radius 3 is 2.37 bits per heavy atom. The van der Waals surface area contributed by atoms with Crippen molar-refractivity contribution in [3.05, 3.63) is 11.6 Å². The standard InChI is InChI=1S/C45H76N2O7/c1-6-18-44(52,39-38(54-39)43(5,51)40(2,27-48)19-14-29-17-22-47-36(46)23-29)35-16-21-45(53)33-25-34(50)32-24-31(49)15-20-41(32,3)37(33)30(26-42(35,45)4)13-12-28-10-8-7-9-11-28/h25,28-32,35-39,47-49,51-53H,6-24,26-27,46H2,1-5H3/p+1. The third kappa shape index (κ3) is 6.72. The van der Waals surface area contributed by atoms with Crippen molar-refractivity contribution >= 4 is 5.78 Å². The number of ketones is 1. The Hall–Kier alpha value is -0.910. The molecule has 5 aliphatic carbocycles. The summed E-state index contributed by atoms with van der Waals surface area (Å²) in [5.74, 6) is 1.02. The number of quaternary nitrogens is 1. The number of allylic oxidation sites excluding steroid dienone is 1. The summed E-state index contributed by atoms with van der Waals surface area (Å²) >= 11 is 0. The lowest BCUT2D eigenvalue weighted by Gasteiger charge is -2.63. The first-order valence-corrected chi connectivity index (χ1v) is 22.4. The monoisotopic (exact) mass is 758 g/mol. The van der Waals surface area contributed by atoms with Crippen LogP contribution in [0.3, 0.4) is 0 Å². The number of carbonyl (C=O) groups excluding carboxylic acids is 1. The van der Waals surface area contributed by atoms with Gasteiger partial charge in [-0.1, -0.05) is 72.6 Å². The molecule has 7 aliphatic rings. The minimum atomic E-state index is -1.39. The van der Waals surface area contributed by atoms with E-state index < -0.39 is 45.9 Å². The zero-order valence-corrected chi connectivity index (χ0v) is 34.4. The maximum Gasteiger partial charge on any atom is 0.159 e. The Bertz CT molecular complexity index is 1400. The summed E-state index contributed by atoms with van der Waals surface area (Å²) in [4.78, 5) is 14.1. The smallest absolute Gasteiger partial charge is 0.159 e. The van der Waals surface area contributed by atoms with Gasteiger partial charge < -0.3 is 35.6 Å². The lowest BCUT2D eigenvalue weighted by Crippen LogP contribution is -2.94. The molecule has 308 valence electrons. The van der Waals surface area contributed by atoms with E-state index in [1.54, 1.807) is 6.92 Å². The van der Waals surface area contributed by atoms with E-state index in [2.05, 4.69) is 26.1 Å². The topological polar surface area (TPSA) is 173 Å². The number of rotatable bonds is 13. The summed E-state index contributed by atoms with van der Waals surface area (Å²) in [6.07, 6.45) is 17.4. The van der Waals surface area contributed by atoms with E-state index in [0.29, 0.717) is 44.4 Å². The van der Waals surface area contributed by atoms with Crippen molar-refractivity contribution in [3.63, 3.8) is 0 Å². The molecule has 0 spiro atoms. The van der Waals surface area contributed by atoms with Gasteiger partial charge in [0.1, 0.15) is 18.4 Å². The SMILES string of the molecule is CCCC(O)(C1OC1C(C)(O)C(C)(CO)CCC1CC[NH2+]C(N)C1)C1CCC2(O)C3=CC(=O)C4CC(O)CCC4(C)C3C(CCC3CCCCC3)CC12C. The van der Waals surface area contributed by atoms with E-state index in [1.807, 2.05) is 13.0 Å². The third-order valence-electron chi connectivity index (χ3n) is 17.9. The Kier molecular flexibility index (Phi) is 11.5. The van der Waals surface area contributed by atoms with Crippen LogP contribution in [0.2, 0.25) is 0 Å². The summed E-state index contributed by atoms with van der Waals surface area (Å²) in [6.45, 7) is 11.1. The van der Waals surface area contributed by atoms with Gasteiger partial charge in [-0.2, -0.15) is 0 Å². The molecule has 0 aromatic rings. The zero-order valence-electron chi connectivity index (χ0n) is 34.4. The molecule has 2 heterocycles. The molecule has 6 fully saturated rings. The maximum absolute atomic E-state index is 14.1. The van der Waals surface area contributed by atoms with Gasteiger partial charge in [0.2, 0.25) is 0 Å². The molecule has 9 heteroatoms. The Morgan fingerprint density at radius 1 is 0.944 bits per heavy atom. The number of carbonyl (C=O) groups is 1. The second-order valence-corrected chi connectivity index (χ2v) is 21.1. The Morgan fingerprint density at radius 2 is 1.69 bits per heavy atom. The molecule has 15 atom stereocenters. The molecule has 0 aromatic heterocycles. The van der Waals surface area contributed by atoms with Crippen molar-refractivity contribution in [1.82, 2.24) is 0 Å². The minimum absolute atomic E-state index is 0.0525. The number of aliphatic hydroxyl groups excluding tert-OH is 2. The van der Waals surface area contributed by atoms with Crippen LogP contribution in [-0.2, 0) is 9.53 Å². The second-order valence-electron chi connectivity index (χ2n) is 21.1. The van der Waals surface area contributed by atoms with Gasteiger partial charge >= 0.3 is 0 Å². The maximum atomic E-state index is 14.1. The van der Waals surface area contributed by atoms with Crippen molar-refractivity contribution in [2.45, 2.75) is 198 Å². The van der Waals surface area contributed by atoms with Crippen LogP contribution in [0, 0.1) is 51.8 Å². The van der Waals surface area contributed by atoms with Crippen LogP contribution in [-0.4, -0.2) is 85.7 Å². The fourth-order valence-electron chi connectivity index (χ4n) is 14.3. The summed E-state index contributed by atoms with van der Waals surface area (Å²) < 4.78 is 6.49. The van der Waals surface area contributed by atoms with Crippen LogP contribution in [0.4, 0.5) is 0 Å². The molecule has 2 aliphatic heterocycles. The predicted molar refractivity (Wildman–Crippen MR) is 209 cm³/mol. The number of nitrogens with two attached hydrogens (primary N) is 2. The van der Waals surface area contributed by atoms with Crippen molar-refractivity contribution in [1.29, 1.82) is 0 Å². The lowest BCUT2D eigenvalue weighted by atomic mass is 9.42. The lowest BCUT2D eigenvalue weighted by molar-refractivity contribution is -0.699. The van der Waals surface area contributed by atoms with Gasteiger partial charge in [0.05, 0.1) is 36.1 Å². The third-order valence-corrected chi connectivity index (χ3v) is 17.9. The van der Waals surface area contributed by atoms with Gasteiger partial charge in [-0.05, 0) is 124 Å². The van der Waals surface area contributed by atoms with Crippen LogP contribution < -0.4 is 11.1 Å². The summed E-state index contributed by atoms with van der Waals surface area (Å²) in [6, 6.07) is 0. The highest BCUT2D eigenvalue weighted by Gasteiger charge is 2.74. The number of ether oxygens (including phenoxy) is 1. The molecule has 0 bridgehead atoms. The quantitative estimate of drug-likeness (QED) is 0.130. The largest absolute Gasteiger partial charge is 0.396 e. The zero-order chi connectivity index (χ0) is 38.9. The number of fused-ring (bicyclic) bond motifs is 5. The summed E-state index contributed by atoms with van der Waals surface area (Å²) in [7, 11) is 0. The van der Waals surface area contributed by atoms with E-state index in [1.165, 1.54) is 32.1 Å². The van der Waals surface area contributed by atoms with Crippen LogP contribution in [0.1, 0.15) is 157 Å². The molecule has 54 heavy (non-hydrogen) atoms. The van der Waals surface area contributed by atoms with Crippen LogP contribution in [0.15, 0.2) is 11.6 Å². The highest BCUT2D eigenvalue weighted by Crippen LogP contribution is 2.72. The normalized spacial score (nSPS) is 45.9. The van der Waals surface area contributed by atoms with Gasteiger partial charge in [-0.25, -0.2) is 0 Å². The molecule has 9 N–H and O–H groups in total. The van der Waals surface area contributed by atoms with Gasteiger partial charge in [0, 0.05) is 23.2 Å². The van der Waals surface area contributed by atoms with Gasteiger partial charge in [0.25, 0.3) is 0 Å². The molecule has 0 amide bonds. The van der Waals surface area contributed by atoms with Crippen molar-refractivity contribution < 1.29 is 40.4 Å². The summed E-state index contributed by atoms with van der Waals surface area (Å²) in [5, 5.41) is 62.6. The number of epoxide rings is 1. The predicted octanol–water partition coefficient (Wildman–Crippen LogP) is 4.89. The van der Waals surface area contributed by atoms with Gasteiger partial charge in [0.15, 0.2) is 5.78 Å². The molecule has 0 radical (unpaired) electrons. The van der Waals surface area contributed by atoms with Crippen molar-refractivity contribution in [2.24, 2.45) is 57.5 Å². The first-order valence-electron chi connectivity index (χ1n) is 22.4. The molecular formula is C45H77N2O7+. The Balaban J connectivity index is 1.19. The molecular weight excluding hydrogens is 681 g/mol. The van der Waals surface area contributed by atoms with Crippen LogP contribution >= 0.6 is 0 Å². The highest BCUT2D eigenvalue weighted by atomic mass is 16.6. The summed E-state index contributed by atoms with van der Waals surface area (Å²) in [5.41, 5.74) is 1.38. The first kappa shape index (κ1) is 41.3. The molecule has 0 aromatic carbocycles. The van der Waals surface area contributed by atoms with E-state index in [0.717, 1.165) is 69.4 Å². The molecule has 2 saturated heterocycles.